The van der Waals surface area contributed by atoms with Crippen LogP contribution in [0.5, 0.6) is 0 Å². The quantitative estimate of drug-likeness (QED) is 0.827. The van der Waals surface area contributed by atoms with Gasteiger partial charge in [0.15, 0.2) is 0 Å². The van der Waals surface area contributed by atoms with Crippen molar-refractivity contribution < 1.29 is 4.74 Å². The van der Waals surface area contributed by atoms with Gasteiger partial charge in [0.05, 0.1) is 5.60 Å². The van der Waals surface area contributed by atoms with Crippen LogP contribution in [-0.4, -0.2) is 36.3 Å². The second kappa shape index (κ2) is 7.16. The molecule has 2 fully saturated rings. The lowest BCUT2D eigenvalue weighted by molar-refractivity contribution is -0.107. The van der Waals surface area contributed by atoms with Crippen LogP contribution >= 0.6 is 11.8 Å². The van der Waals surface area contributed by atoms with E-state index in [1.165, 1.54) is 56.6 Å². The Hall–Kier alpha value is 0.270. The maximum Gasteiger partial charge on any atom is 0.0701 e. The first kappa shape index (κ1) is 14.7. The minimum Gasteiger partial charge on any atom is -0.375 e. The van der Waals surface area contributed by atoms with Crippen LogP contribution in [0.1, 0.15) is 52.4 Å². The molecular formula is C15H29NOS. The van der Waals surface area contributed by atoms with Gasteiger partial charge in [0.1, 0.15) is 0 Å². The number of rotatable bonds is 5. The molecule has 106 valence electrons. The van der Waals surface area contributed by atoms with Gasteiger partial charge in [-0.05, 0) is 62.5 Å². The van der Waals surface area contributed by atoms with Gasteiger partial charge in [0.2, 0.25) is 0 Å². The largest absolute Gasteiger partial charge is 0.375 e. The normalized spacial score (nSPS) is 29.3. The summed E-state index contributed by atoms with van der Waals surface area (Å²) in [5.41, 5.74) is 0.246. The summed E-state index contributed by atoms with van der Waals surface area (Å²) in [6.07, 6.45) is 7.60. The zero-order valence-electron chi connectivity index (χ0n) is 12.0. The van der Waals surface area contributed by atoms with E-state index in [1.54, 1.807) is 0 Å². The van der Waals surface area contributed by atoms with E-state index in [4.69, 9.17) is 4.74 Å². The Balaban J connectivity index is 1.91. The molecule has 0 aliphatic carbocycles. The van der Waals surface area contributed by atoms with Crippen molar-refractivity contribution in [2.45, 2.75) is 64.0 Å². The second-order valence-corrected chi connectivity index (χ2v) is 7.09. The van der Waals surface area contributed by atoms with Crippen LogP contribution in [0.3, 0.4) is 0 Å². The summed E-state index contributed by atoms with van der Waals surface area (Å²) < 4.78 is 6.19. The van der Waals surface area contributed by atoms with E-state index in [1.807, 2.05) is 0 Å². The van der Waals surface area contributed by atoms with Gasteiger partial charge >= 0.3 is 0 Å². The van der Waals surface area contributed by atoms with E-state index in [0.29, 0.717) is 6.04 Å². The molecule has 2 nitrogen and oxygen atoms in total. The van der Waals surface area contributed by atoms with Gasteiger partial charge in [0.25, 0.3) is 0 Å². The van der Waals surface area contributed by atoms with Crippen LogP contribution in [0.4, 0.5) is 0 Å². The molecule has 2 rings (SSSR count). The smallest absolute Gasteiger partial charge is 0.0701 e. The number of hydrogen-bond donors (Lipinski definition) is 1. The van der Waals surface area contributed by atoms with Crippen LogP contribution in [0, 0.1) is 5.92 Å². The molecular weight excluding hydrogens is 242 g/mol. The highest BCUT2D eigenvalue weighted by atomic mass is 32.2. The third-order valence-corrected chi connectivity index (χ3v) is 5.59. The Kier molecular flexibility index (Phi) is 5.84. The lowest BCUT2D eigenvalue weighted by atomic mass is 9.78. The molecule has 0 aromatic heterocycles. The molecule has 2 heterocycles. The van der Waals surface area contributed by atoms with Crippen molar-refractivity contribution in [2.75, 3.05) is 24.7 Å². The molecule has 1 N–H and O–H groups in total. The summed E-state index contributed by atoms with van der Waals surface area (Å²) in [6, 6.07) is 0.709. The van der Waals surface area contributed by atoms with Crippen LogP contribution in [0.25, 0.3) is 0 Å². The summed E-state index contributed by atoms with van der Waals surface area (Å²) in [6.45, 7) is 6.73. The van der Waals surface area contributed by atoms with Crippen molar-refractivity contribution >= 4 is 11.8 Å². The summed E-state index contributed by atoms with van der Waals surface area (Å²) in [5, 5.41) is 3.75. The van der Waals surface area contributed by atoms with Crippen molar-refractivity contribution in [1.82, 2.24) is 5.32 Å². The lowest BCUT2D eigenvalue weighted by Gasteiger charge is -2.45. The molecule has 0 aromatic carbocycles. The molecule has 2 aliphatic rings. The molecule has 0 radical (unpaired) electrons. The van der Waals surface area contributed by atoms with Gasteiger partial charge in [0, 0.05) is 12.6 Å². The fourth-order valence-electron chi connectivity index (χ4n) is 3.48. The minimum absolute atomic E-state index is 0.246. The third-order valence-electron chi connectivity index (χ3n) is 4.60. The molecule has 2 unspecified atom stereocenters. The van der Waals surface area contributed by atoms with Gasteiger partial charge in [-0.25, -0.2) is 0 Å². The first-order valence-electron chi connectivity index (χ1n) is 7.75. The molecule has 0 saturated carbocycles. The highest BCUT2D eigenvalue weighted by Gasteiger charge is 2.40. The second-order valence-electron chi connectivity index (χ2n) is 5.87. The first-order valence-corrected chi connectivity index (χ1v) is 8.90. The molecule has 18 heavy (non-hydrogen) atoms. The summed E-state index contributed by atoms with van der Waals surface area (Å²) in [5.74, 6) is 3.43. The third kappa shape index (κ3) is 3.64. The summed E-state index contributed by atoms with van der Waals surface area (Å²) >= 11 is 2.10. The zero-order chi connectivity index (χ0) is 12.8. The molecule has 0 aromatic rings. The van der Waals surface area contributed by atoms with Crippen molar-refractivity contribution in [3.63, 3.8) is 0 Å². The highest BCUT2D eigenvalue weighted by molar-refractivity contribution is 7.99. The lowest BCUT2D eigenvalue weighted by Crippen LogP contribution is -2.48. The number of thioether (sulfide) groups is 1. The maximum absolute atomic E-state index is 6.19. The molecule has 1 spiro atoms. The Bertz CT molecular complexity index is 235. The highest BCUT2D eigenvalue weighted by Crippen LogP contribution is 2.41. The fourth-order valence-corrected chi connectivity index (χ4v) is 4.71. The topological polar surface area (TPSA) is 21.3 Å². The van der Waals surface area contributed by atoms with E-state index in [2.05, 4.69) is 30.9 Å². The predicted molar refractivity (Wildman–Crippen MR) is 80.3 cm³/mol. The predicted octanol–water partition coefficient (Wildman–Crippen LogP) is 3.46. The average molecular weight is 271 g/mol. The zero-order valence-corrected chi connectivity index (χ0v) is 12.9. The summed E-state index contributed by atoms with van der Waals surface area (Å²) in [4.78, 5) is 0. The van der Waals surface area contributed by atoms with Gasteiger partial charge < -0.3 is 10.1 Å². The van der Waals surface area contributed by atoms with Crippen molar-refractivity contribution in [3.8, 4) is 0 Å². The summed E-state index contributed by atoms with van der Waals surface area (Å²) in [7, 11) is 0. The standard InChI is InChI=1S/C15H29NOS/c1-3-8-16-14(4-2)13-5-9-17-15(12-13)6-10-18-11-7-15/h13-14,16H,3-12H2,1-2H3. The monoisotopic (exact) mass is 271 g/mol. The van der Waals surface area contributed by atoms with Crippen molar-refractivity contribution in [3.05, 3.63) is 0 Å². The molecule has 0 bridgehead atoms. The minimum atomic E-state index is 0.246. The van der Waals surface area contributed by atoms with Crippen molar-refractivity contribution in [2.24, 2.45) is 5.92 Å². The Morgan fingerprint density at radius 3 is 2.78 bits per heavy atom. The maximum atomic E-state index is 6.19. The molecule has 2 saturated heterocycles. The molecule has 2 aliphatic heterocycles. The van der Waals surface area contributed by atoms with Gasteiger partial charge in [-0.3, -0.25) is 0 Å². The van der Waals surface area contributed by atoms with E-state index >= 15 is 0 Å². The molecule has 0 amide bonds. The van der Waals surface area contributed by atoms with Crippen molar-refractivity contribution in [1.29, 1.82) is 0 Å². The SMILES string of the molecule is CCCNC(CC)C1CCOC2(CCSCC2)C1. The number of hydrogen-bond acceptors (Lipinski definition) is 3. The van der Waals surface area contributed by atoms with E-state index < -0.39 is 0 Å². The number of nitrogens with one attached hydrogen (secondary N) is 1. The fraction of sp³-hybridized carbons (Fsp3) is 1.00. The molecule has 2 atom stereocenters. The number of ether oxygens (including phenoxy) is 1. The van der Waals surface area contributed by atoms with Crippen LogP contribution in [-0.2, 0) is 4.74 Å². The van der Waals surface area contributed by atoms with Crippen LogP contribution in [0.15, 0.2) is 0 Å². The molecule has 3 heteroatoms. The Morgan fingerprint density at radius 1 is 1.33 bits per heavy atom. The average Bonchev–Trinajstić information content (AvgIpc) is 2.41. The van der Waals surface area contributed by atoms with Crippen LogP contribution < -0.4 is 5.32 Å². The van der Waals surface area contributed by atoms with Gasteiger partial charge in [-0.1, -0.05) is 13.8 Å². The van der Waals surface area contributed by atoms with E-state index in [0.717, 1.165) is 12.5 Å². The van der Waals surface area contributed by atoms with Crippen LogP contribution in [0.2, 0.25) is 0 Å². The van der Waals surface area contributed by atoms with E-state index in [-0.39, 0.29) is 5.60 Å². The first-order chi connectivity index (χ1) is 8.79. The Morgan fingerprint density at radius 2 is 2.11 bits per heavy atom. The Labute approximate surface area is 117 Å². The van der Waals surface area contributed by atoms with Gasteiger partial charge in [-0.15, -0.1) is 0 Å². The van der Waals surface area contributed by atoms with Gasteiger partial charge in [-0.2, -0.15) is 11.8 Å². The van der Waals surface area contributed by atoms with E-state index in [9.17, 15) is 0 Å².